The molecular formula is C11H14O6S. The number of carboxylic acids is 1. The lowest BCUT2D eigenvalue weighted by atomic mass is 10.0. The number of hydrogen-bond donors (Lipinski definition) is 2. The average molecular weight is 274 g/mol. The second kappa shape index (κ2) is 5.83. The smallest absolute Gasteiger partial charge is 0.307 e. The minimum absolute atomic E-state index is 0.0898. The number of carbonyl (C=O) groups is 1. The number of fused-ring (bicyclic) bond motifs is 1. The molecule has 0 aliphatic carbocycles. The van der Waals surface area contributed by atoms with Gasteiger partial charge in [-0.2, -0.15) is 8.42 Å². The summed E-state index contributed by atoms with van der Waals surface area (Å²) in [6.45, 7) is 0.673. The van der Waals surface area contributed by atoms with Crippen molar-refractivity contribution in [3.05, 3.63) is 29.3 Å². The van der Waals surface area contributed by atoms with Crippen molar-refractivity contribution in [3.63, 3.8) is 0 Å². The first-order valence-corrected chi connectivity index (χ1v) is 7.00. The van der Waals surface area contributed by atoms with Crippen LogP contribution in [0.25, 0.3) is 0 Å². The highest BCUT2D eigenvalue weighted by atomic mass is 32.2. The summed E-state index contributed by atoms with van der Waals surface area (Å²) in [5.74, 6) is 0.0547. The van der Waals surface area contributed by atoms with E-state index in [1.807, 2.05) is 18.2 Å². The fraction of sp³-hybridized carbons (Fsp3) is 0.364. The molecule has 2 rings (SSSR count). The molecule has 1 aromatic carbocycles. The Hall–Kier alpha value is -1.60. The van der Waals surface area contributed by atoms with Crippen molar-refractivity contribution in [2.24, 2.45) is 0 Å². The molecular weight excluding hydrogens is 260 g/mol. The molecule has 0 bridgehead atoms. The Bertz CT molecular complexity index is 526. The highest BCUT2D eigenvalue weighted by Crippen LogP contribution is 2.28. The van der Waals surface area contributed by atoms with Gasteiger partial charge in [0.05, 0.1) is 19.3 Å². The summed E-state index contributed by atoms with van der Waals surface area (Å²) in [5, 5.41) is 8.66. The Kier molecular flexibility index (Phi) is 4.69. The van der Waals surface area contributed by atoms with Crippen LogP contribution < -0.4 is 4.74 Å². The van der Waals surface area contributed by atoms with Crippen LogP contribution >= 0.6 is 0 Å². The van der Waals surface area contributed by atoms with E-state index in [-0.39, 0.29) is 6.42 Å². The van der Waals surface area contributed by atoms with E-state index in [2.05, 4.69) is 0 Å². The van der Waals surface area contributed by atoms with E-state index < -0.39 is 16.1 Å². The molecule has 7 heteroatoms. The van der Waals surface area contributed by atoms with Gasteiger partial charge in [-0.05, 0) is 11.6 Å². The monoisotopic (exact) mass is 274 g/mol. The molecule has 0 spiro atoms. The summed E-state index contributed by atoms with van der Waals surface area (Å²) in [5.41, 5.74) is 1.94. The van der Waals surface area contributed by atoms with Crippen molar-refractivity contribution in [2.75, 3.05) is 12.9 Å². The van der Waals surface area contributed by atoms with Crippen molar-refractivity contribution >= 4 is 16.1 Å². The van der Waals surface area contributed by atoms with Gasteiger partial charge in [0.1, 0.15) is 5.75 Å². The van der Waals surface area contributed by atoms with Crippen molar-refractivity contribution in [3.8, 4) is 5.75 Å². The molecule has 1 aliphatic heterocycles. The lowest BCUT2D eigenvalue weighted by molar-refractivity contribution is -0.136. The van der Waals surface area contributed by atoms with E-state index >= 15 is 0 Å². The van der Waals surface area contributed by atoms with Crippen molar-refractivity contribution in [1.82, 2.24) is 0 Å². The van der Waals surface area contributed by atoms with Gasteiger partial charge >= 0.3 is 5.97 Å². The molecule has 0 amide bonds. The van der Waals surface area contributed by atoms with E-state index in [1.165, 1.54) is 0 Å². The van der Waals surface area contributed by atoms with E-state index in [4.69, 9.17) is 14.4 Å². The van der Waals surface area contributed by atoms with E-state index in [0.717, 1.165) is 23.3 Å². The van der Waals surface area contributed by atoms with Crippen LogP contribution in [0.2, 0.25) is 0 Å². The van der Waals surface area contributed by atoms with Gasteiger partial charge in [-0.25, -0.2) is 0 Å². The quantitative estimate of drug-likeness (QED) is 0.772. The molecule has 0 atom stereocenters. The first kappa shape index (κ1) is 14.5. The highest BCUT2D eigenvalue weighted by molar-refractivity contribution is 7.85. The average Bonchev–Trinajstić information content (AvgIpc) is 2.62. The Labute approximate surface area is 105 Å². The molecule has 2 N–H and O–H groups in total. The Morgan fingerprint density at radius 1 is 1.44 bits per heavy atom. The van der Waals surface area contributed by atoms with E-state index in [0.29, 0.717) is 12.9 Å². The third-order valence-corrected chi connectivity index (χ3v) is 2.18. The molecule has 0 saturated carbocycles. The minimum Gasteiger partial charge on any atom is -0.493 e. The van der Waals surface area contributed by atoms with Gasteiger partial charge in [0.2, 0.25) is 0 Å². The molecule has 1 heterocycles. The molecule has 1 aliphatic rings. The maximum atomic E-state index is 10.5. The van der Waals surface area contributed by atoms with Crippen molar-refractivity contribution in [1.29, 1.82) is 0 Å². The van der Waals surface area contributed by atoms with Crippen LogP contribution in [0.3, 0.4) is 0 Å². The zero-order valence-electron chi connectivity index (χ0n) is 9.79. The summed E-state index contributed by atoms with van der Waals surface area (Å²) in [4.78, 5) is 10.5. The minimum atomic E-state index is -3.67. The van der Waals surface area contributed by atoms with Crippen molar-refractivity contribution in [2.45, 2.75) is 12.8 Å². The fourth-order valence-electron chi connectivity index (χ4n) is 1.62. The number of rotatable bonds is 2. The van der Waals surface area contributed by atoms with Crippen LogP contribution in [0, 0.1) is 0 Å². The SMILES string of the molecule is CS(=O)(=O)O.O=C(O)Cc1cccc2c1CCO2. The zero-order chi connectivity index (χ0) is 13.8. The molecule has 100 valence electrons. The number of aliphatic carboxylic acids is 1. The zero-order valence-corrected chi connectivity index (χ0v) is 10.6. The van der Waals surface area contributed by atoms with Crippen molar-refractivity contribution < 1.29 is 27.6 Å². The summed E-state index contributed by atoms with van der Waals surface area (Å²) in [6, 6.07) is 5.57. The second-order valence-corrected chi connectivity index (χ2v) is 5.26. The molecule has 0 fully saturated rings. The van der Waals surface area contributed by atoms with Crippen LogP contribution in [0.15, 0.2) is 18.2 Å². The Morgan fingerprint density at radius 2 is 2.06 bits per heavy atom. The summed E-state index contributed by atoms with van der Waals surface area (Å²) in [6.07, 6.45) is 1.64. The number of benzene rings is 1. The molecule has 6 nitrogen and oxygen atoms in total. The predicted octanol–water partition coefficient (Wildman–Crippen LogP) is 0.753. The number of ether oxygens (including phenoxy) is 1. The first-order valence-electron chi connectivity index (χ1n) is 5.15. The topological polar surface area (TPSA) is 101 Å². The Morgan fingerprint density at radius 3 is 2.61 bits per heavy atom. The van der Waals surface area contributed by atoms with Gasteiger partial charge in [-0.3, -0.25) is 9.35 Å². The van der Waals surface area contributed by atoms with E-state index in [1.54, 1.807) is 0 Å². The maximum Gasteiger partial charge on any atom is 0.307 e. The predicted molar refractivity (Wildman–Crippen MR) is 64.5 cm³/mol. The second-order valence-electron chi connectivity index (χ2n) is 3.80. The lowest BCUT2D eigenvalue weighted by Crippen LogP contribution is -2.02. The van der Waals surface area contributed by atoms with Gasteiger partial charge in [-0.1, -0.05) is 12.1 Å². The van der Waals surface area contributed by atoms with Gasteiger partial charge < -0.3 is 9.84 Å². The molecule has 0 aromatic heterocycles. The standard InChI is InChI=1S/C10H10O3.CH4O3S/c11-10(12)6-7-2-1-3-9-8(7)4-5-13-9;1-5(2,3)4/h1-3H,4-6H2,(H,11,12);1H3,(H,2,3,4). The van der Waals surface area contributed by atoms with Gasteiger partial charge in [0, 0.05) is 12.0 Å². The normalized spacial score (nSPS) is 13.0. The summed E-state index contributed by atoms with van der Waals surface area (Å²) < 4.78 is 31.2. The van der Waals surface area contributed by atoms with E-state index in [9.17, 15) is 13.2 Å². The molecule has 18 heavy (non-hydrogen) atoms. The number of hydrogen-bond acceptors (Lipinski definition) is 4. The lowest BCUT2D eigenvalue weighted by Gasteiger charge is -2.03. The third kappa shape index (κ3) is 5.15. The van der Waals surface area contributed by atoms with Crippen LogP contribution in [-0.2, 0) is 27.8 Å². The van der Waals surface area contributed by atoms with Gasteiger partial charge in [-0.15, -0.1) is 0 Å². The van der Waals surface area contributed by atoms with Gasteiger partial charge in [0.15, 0.2) is 0 Å². The third-order valence-electron chi connectivity index (χ3n) is 2.18. The van der Waals surface area contributed by atoms with Crippen LogP contribution in [0.4, 0.5) is 0 Å². The molecule has 0 saturated heterocycles. The maximum absolute atomic E-state index is 10.5. The summed E-state index contributed by atoms with van der Waals surface area (Å²) >= 11 is 0. The van der Waals surface area contributed by atoms with Crippen LogP contribution in [-0.4, -0.2) is 36.9 Å². The largest absolute Gasteiger partial charge is 0.493 e. The molecule has 1 aromatic rings. The number of carboxylic acid groups (broad SMARTS) is 1. The first-order chi connectivity index (χ1) is 8.27. The molecule has 0 unspecified atom stereocenters. The summed E-state index contributed by atoms with van der Waals surface area (Å²) in [7, 11) is -3.67. The Balaban J connectivity index is 0.000000280. The van der Waals surface area contributed by atoms with Gasteiger partial charge in [0.25, 0.3) is 10.1 Å². The highest BCUT2D eigenvalue weighted by Gasteiger charge is 2.16. The fourth-order valence-corrected chi connectivity index (χ4v) is 1.62. The molecule has 0 radical (unpaired) electrons. The van der Waals surface area contributed by atoms with Crippen LogP contribution in [0.5, 0.6) is 5.75 Å². The van der Waals surface area contributed by atoms with Crippen LogP contribution in [0.1, 0.15) is 11.1 Å².